The molecule has 1 aromatic rings. The van der Waals surface area contributed by atoms with Gasteiger partial charge in [-0.05, 0) is 57.7 Å². The van der Waals surface area contributed by atoms with Crippen molar-refractivity contribution >= 4 is 29.2 Å². The zero-order valence-corrected chi connectivity index (χ0v) is 15.5. The van der Waals surface area contributed by atoms with Crippen LogP contribution in [-0.4, -0.2) is 56.2 Å². The topological polar surface area (TPSA) is 59.9 Å². The predicted octanol–water partition coefficient (Wildman–Crippen LogP) is 2.53. The van der Waals surface area contributed by atoms with Gasteiger partial charge < -0.3 is 20.6 Å². The molecule has 0 aliphatic heterocycles. The maximum atomic E-state index is 10.2. The maximum Gasteiger partial charge on any atom is 0.191 e. The lowest BCUT2D eigenvalue weighted by Gasteiger charge is -2.15. The number of hydrogen-bond donors (Lipinski definition) is 3. The van der Waals surface area contributed by atoms with Crippen molar-refractivity contribution in [3.05, 3.63) is 33.8 Å². The summed E-state index contributed by atoms with van der Waals surface area (Å²) >= 11 is 11.9. The van der Waals surface area contributed by atoms with Crippen LogP contribution in [0.5, 0.6) is 0 Å². The first-order valence-corrected chi connectivity index (χ1v) is 8.49. The zero-order chi connectivity index (χ0) is 17.2. The molecule has 1 atom stereocenters. The predicted molar refractivity (Wildman–Crippen MR) is 98.6 cm³/mol. The highest BCUT2D eigenvalue weighted by molar-refractivity contribution is 6.34. The van der Waals surface area contributed by atoms with Crippen LogP contribution in [0, 0.1) is 0 Å². The number of hydrogen-bond acceptors (Lipinski definition) is 3. The third-order valence-electron chi connectivity index (χ3n) is 3.11. The number of guanidine groups is 1. The first-order valence-electron chi connectivity index (χ1n) is 7.73. The van der Waals surface area contributed by atoms with Gasteiger partial charge in [0.05, 0.1) is 12.6 Å². The second-order valence-corrected chi connectivity index (χ2v) is 6.39. The van der Waals surface area contributed by atoms with Crippen LogP contribution in [0.25, 0.3) is 0 Å². The van der Waals surface area contributed by atoms with Crippen LogP contribution in [0.3, 0.4) is 0 Å². The van der Waals surface area contributed by atoms with Crippen LogP contribution in [0.2, 0.25) is 10.0 Å². The van der Waals surface area contributed by atoms with Crippen molar-refractivity contribution in [2.45, 2.75) is 19.4 Å². The number of nitrogens with one attached hydrogen (secondary N) is 2. The highest BCUT2D eigenvalue weighted by Crippen LogP contribution is 2.23. The molecular formula is C16H26Cl2N4O. The molecule has 0 saturated heterocycles. The third kappa shape index (κ3) is 8.42. The van der Waals surface area contributed by atoms with Crippen molar-refractivity contribution in [2.24, 2.45) is 4.99 Å². The fourth-order valence-corrected chi connectivity index (χ4v) is 2.54. The summed E-state index contributed by atoms with van der Waals surface area (Å²) in [5, 5.41) is 17.7. The van der Waals surface area contributed by atoms with E-state index in [4.69, 9.17) is 23.2 Å². The van der Waals surface area contributed by atoms with E-state index in [0.29, 0.717) is 21.6 Å². The second kappa shape index (κ2) is 10.7. The van der Waals surface area contributed by atoms with Gasteiger partial charge in [-0.15, -0.1) is 0 Å². The normalized spacial score (nSPS) is 13.3. The summed E-state index contributed by atoms with van der Waals surface area (Å²) in [6, 6.07) is 5.04. The monoisotopic (exact) mass is 360 g/mol. The van der Waals surface area contributed by atoms with Crippen molar-refractivity contribution in [1.82, 2.24) is 15.5 Å². The van der Waals surface area contributed by atoms with E-state index in [1.54, 1.807) is 18.2 Å². The van der Waals surface area contributed by atoms with Crippen molar-refractivity contribution in [3.63, 3.8) is 0 Å². The van der Waals surface area contributed by atoms with E-state index in [1.165, 1.54) is 0 Å². The Kier molecular flexibility index (Phi) is 9.33. The van der Waals surface area contributed by atoms with Gasteiger partial charge >= 0.3 is 0 Å². The summed E-state index contributed by atoms with van der Waals surface area (Å²) in [6.45, 7) is 4.83. The minimum atomic E-state index is -0.747. The van der Waals surface area contributed by atoms with E-state index < -0.39 is 6.10 Å². The third-order valence-corrected chi connectivity index (χ3v) is 3.55. The Morgan fingerprint density at radius 1 is 1.22 bits per heavy atom. The van der Waals surface area contributed by atoms with Gasteiger partial charge in [-0.1, -0.05) is 23.2 Å². The van der Waals surface area contributed by atoms with Gasteiger partial charge in [0.2, 0.25) is 0 Å². The van der Waals surface area contributed by atoms with E-state index >= 15 is 0 Å². The molecule has 0 aliphatic carbocycles. The highest BCUT2D eigenvalue weighted by Gasteiger charge is 2.09. The molecule has 0 spiro atoms. The molecule has 0 heterocycles. The molecule has 23 heavy (non-hydrogen) atoms. The van der Waals surface area contributed by atoms with Crippen LogP contribution in [0.4, 0.5) is 0 Å². The van der Waals surface area contributed by atoms with Crippen LogP contribution >= 0.6 is 23.2 Å². The summed E-state index contributed by atoms with van der Waals surface area (Å²) < 4.78 is 0. The number of halogens is 2. The molecule has 1 rings (SSSR count). The number of aliphatic imine (C=N–C) groups is 1. The fraction of sp³-hybridized carbons (Fsp3) is 0.562. The Morgan fingerprint density at radius 2 is 1.87 bits per heavy atom. The lowest BCUT2D eigenvalue weighted by atomic mass is 10.1. The first kappa shape index (κ1) is 20.0. The van der Waals surface area contributed by atoms with Gasteiger partial charge in [-0.3, -0.25) is 4.99 Å². The molecule has 130 valence electrons. The number of nitrogens with zero attached hydrogens (tertiary/aromatic N) is 2. The summed E-state index contributed by atoms with van der Waals surface area (Å²) in [4.78, 5) is 6.55. The SMILES string of the molecule is CCNC(=NCC(O)c1cc(Cl)cc(Cl)c1)NCCCN(C)C. The molecule has 7 heteroatoms. The zero-order valence-electron chi connectivity index (χ0n) is 13.9. The Morgan fingerprint density at radius 3 is 2.43 bits per heavy atom. The number of aliphatic hydroxyl groups excluding tert-OH is 1. The number of rotatable bonds is 8. The first-order chi connectivity index (χ1) is 10.9. The van der Waals surface area contributed by atoms with E-state index in [0.717, 1.165) is 26.1 Å². The van der Waals surface area contributed by atoms with E-state index in [9.17, 15) is 5.11 Å². The standard InChI is InChI=1S/C16H26Cl2N4O/c1-4-19-16(20-6-5-7-22(2)3)21-11-15(23)12-8-13(17)10-14(18)9-12/h8-10,15,23H,4-7,11H2,1-3H3,(H2,19,20,21). The molecule has 0 saturated carbocycles. The average molecular weight is 361 g/mol. The van der Waals surface area contributed by atoms with Gasteiger partial charge in [0.25, 0.3) is 0 Å². The average Bonchev–Trinajstić information content (AvgIpc) is 2.47. The summed E-state index contributed by atoms with van der Waals surface area (Å²) in [5.41, 5.74) is 0.662. The van der Waals surface area contributed by atoms with Gasteiger partial charge in [0.1, 0.15) is 0 Å². The van der Waals surface area contributed by atoms with E-state index in [2.05, 4.69) is 20.5 Å². The van der Waals surface area contributed by atoms with Gasteiger partial charge in [-0.25, -0.2) is 0 Å². The Labute approximate surface area is 148 Å². The van der Waals surface area contributed by atoms with Crippen molar-refractivity contribution in [3.8, 4) is 0 Å². The van der Waals surface area contributed by atoms with Crippen LogP contribution < -0.4 is 10.6 Å². The molecule has 1 unspecified atom stereocenters. The number of benzene rings is 1. The molecule has 1 aromatic carbocycles. The van der Waals surface area contributed by atoms with E-state index in [1.807, 2.05) is 21.0 Å². The van der Waals surface area contributed by atoms with Gasteiger partial charge in [0.15, 0.2) is 5.96 Å². The highest BCUT2D eigenvalue weighted by atomic mass is 35.5. The smallest absolute Gasteiger partial charge is 0.191 e. The minimum Gasteiger partial charge on any atom is -0.386 e. The Bertz CT molecular complexity index is 489. The fourth-order valence-electron chi connectivity index (χ4n) is 1.99. The summed E-state index contributed by atoms with van der Waals surface area (Å²) in [7, 11) is 4.09. The van der Waals surface area contributed by atoms with Crippen molar-refractivity contribution < 1.29 is 5.11 Å². The molecule has 0 aliphatic rings. The molecule has 0 radical (unpaired) electrons. The molecule has 0 aromatic heterocycles. The van der Waals surface area contributed by atoms with Crippen LogP contribution in [0.15, 0.2) is 23.2 Å². The molecule has 0 bridgehead atoms. The van der Waals surface area contributed by atoms with E-state index in [-0.39, 0.29) is 6.54 Å². The number of aliphatic hydroxyl groups is 1. The van der Waals surface area contributed by atoms with Crippen molar-refractivity contribution in [2.75, 3.05) is 40.3 Å². The largest absolute Gasteiger partial charge is 0.386 e. The second-order valence-electron chi connectivity index (χ2n) is 5.52. The maximum absolute atomic E-state index is 10.2. The molecule has 0 amide bonds. The molecule has 3 N–H and O–H groups in total. The quantitative estimate of drug-likeness (QED) is 0.378. The minimum absolute atomic E-state index is 0.236. The van der Waals surface area contributed by atoms with Gasteiger partial charge in [-0.2, -0.15) is 0 Å². The molecule has 0 fully saturated rings. The lowest BCUT2D eigenvalue weighted by molar-refractivity contribution is 0.187. The van der Waals surface area contributed by atoms with Gasteiger partial charge in [0, 0.05) is 23.1 Å². The summed E-state index contributed by atoms with van der Waals surface area (Å²) in [6.07, 6.45) is 0.271. The van der Waals surface area contributed by atoms with Crippen LogP contribution in [-0.2, 0) is 0 Å². The lowest BCUT2D eigenvalue weighted by Crippen LogP contribution is -2.38. The van der Waals surface area contributed by atoms with Crippen LogP contribution in [0.1, 0.15) is 25.0 Å². The Hall–Kier alpha value is -1.01. The summed E-state index contributed by atoms with van der Waals surface area (Å²) in [5.74, 6) is 0.693. The molecular weight excluding hydrogens is 335 g/mol. The Balaban J connectivity index is 2.57. The van der Waals surface area contributed by atoms with Crippen molar-refractivity contribution in [1.29, 1.82) is 0 Å². The molecule has 5 nitrogen and oxygen atoms in total.